The van der Waals surface area contributed by atoms with Crippen LogP contribution in [0.3, 0.4) is 0 Å². The van der Waals surface area contributed by atoms with Gasteiger partial charge >= 0.3 is 5.69 Å². The van der Waals surface area contributed by atoms with Crippen molar-refractivity contribution in [1.82, 2.24) is 24.4 Å². The Kier molecular flexibility index (Phi) is 1.59. The molecule has 68 valence electrons. The summed E-state index contributed by atoms with van der Waals surface area (Å²) in [5.41, 5.74) is 0.595. The van der Waals surface area contributed by atoms with Crippen molar-refractivity contribution in [1.29, 1.82) is 0 Å². The maximum absolute atomic E-state index is 11.4. The molecule has 0 atom stereocenters. The van der Waals surface area contributed by atoms with E-state index in [0.29, 0.717) is 11.3 Å². The molecule has 0 amide bonds. The lowest BCUT2D eigenvalue weighted by Crippen LogP contribution is -2.29. The lowest BCUT2D eigenvalue weighted by atomic mass is 10.5. The number of aliphatic hydroxyl groups is 1. The van der Waals surface area contributed by atoms with Gasteiger partial charge in [0, 0.05) is 0 Å². The van der Waals surface area contributed by atoms with E-state index in [1.54, 1.807) is 6.92 Å². The lowest BCUT2D eigenvalue weighted by Gasteiger charge is -1.97. The fraction of sp³-hybridized carbons (Fsp3) is 0.333. The number of aliphatic hydroxyl groups excluding tert-OH is 1. The molecule has 7 nitrogen and oxygen atoms in total. The highest BCUT2D eigenvalue weighted by atomic mass is 16.3. The second kappa shape index (κ2) is 2.63. The zero-order valence-electron chi connectivity index (χ0n) is 6.88. The third kappa shape index (κ3) is 1.01. The standard InChI is InChI=1S/C6H7N5O2/c1-4-5-8-9-11(3-12)6(13)10(5)2-7-4/h2,12H,3H2,1H3. The maximum atomic E-state index is 11.4. The van der Waals surface area contributed by atoms with E-state index < -0.39 is 12.4 Å². The predicted molar refractivity (Wildman–Crippen MR) is 42.0 cm³/mol. The molecule has 2 rings (SSSR count). The fourth-order valence-electron chi connectivity index (χ4n) is 1.04. The van der Waals surface area contributed by atoms with E-state index in [1.807, 2.05) is 0 Å². The molecular formula is C6H7N5O2. The number of nitrogens with zero attached hydrogens (tertiary/aromatic N) is 5. The monoisotopic (exact) mass is 181 g/mol. The highest BCUT2D eigenvalue weighted by Crippen LogP contribution is 1.98. The summed E-state index contributed by atoms with van der Waals surface area (Å²) in [4.78, 5) is 15.3. The smallest absolute Gasteiger partial charge is 0.355 e. The third-order valence-electron chi connectivity index (χ3n) is 1.73. The molecule has 0 saturated heterocycles. The van der Waals surface area contributed by atoms with Gasteiger partial charge in [-0.1, -0.05) is 5.21 Å². The summed E-state index contributed by atoms with van der Waals surface area (Å²) in [6, 6.07) is 0. The van der Waals surface area contributed by atoms with Crippen LogP contribution in [-0.2, 0) is 6.73 Å². The van der Waals surface area contributed by atoms with Gasteiger partial charge in [0.15, 0.2) is 5.65 Å². The van der Waals surface area contributed by atoms with Gasteiger partial charge < -0.3 is 5.11 Å². The summed E-state index contributed by atoms with van der Waals surface area (Å²) in [5.74, 6) is 0. The summed E-state index contributed by atoms with van der Waals surface area (Å²) in [6.45, 7) is 1.24. The van der Waals surface area contributed by atoms with Crippen LogP contribution < -0.4 is 5.69 Å². The highest BCUT2D eigenvalue weighted by Gasteiger charge is 2.06. The van der Waals surface area contributed by atoms with E-state index >= 15 is 0 Å². The molecule has 2 aromatic heterocycles. The van der Waals surface area contributed by atoms with Gasteiger partial charge in [-0.25, -0.2) is 14.2 Å². The molecule has 7 heteroatoms. The Labute approximate surface area is 72.3 Å². The first kappa shape index (κ1) is 7.87. The van der Waals surface area contributed by atoms with Gasteiger partial charge in [-0.3, -0.25) is 0 Å². The average molecular weight is 181 g/mol. The van der Waals surface area contributed by atoms with Gasteiger partial charge in [0.25, 0.3) is 0 Å². The first-order valence-corrected chi connectivity index (χ1v) is 3.62. The maximum Gasteiger partial charge on any atom is 0.355 e. The SMILES string of the molecule is Cc1ncn2c(=O)n(CO)nnc12. The zero-order valence-corrected chi connectivity index (χ0v) is 6.88. The van der Waals surface area contributed by atoms with Crippen LogP contribution in [0, 0.1) is 6.92 Å². The van der Waals surface area contributed by atoms with E-state index in [0.717, 1.165) is 4.68 Å². The van der Waals surface area contributed by atoms with Crippen LogP contribution in [0.25, 0.3) is 5.65 Å². The van der Waals surface area contributed by atoms with Gasteiger partial charge in [0.05, 0.1) is 5.69 Å². The predicted octanol–water partition coefficient (Wildman–Crippen LogP) is -1.46. The minimum Gasteiger partial charge on any atom is -0.374 e. The number of aryl methyl sites for hydroxylation is 1. The molecule has 0 aliphatic carbocycles. The van der Waals surface area contributed by atoms with E-state index in [2.05, 4.69) is 15.3 Å². The Bertz CT molecular complexity index is 499. The van der Waals surface area contributed by atoms with Crippen LogP contribution in [0.1, 0.15) is 5.69 Å². The molecule has 0 fully saturated rings. The first-order chi connectivity index (χ1) is 6.24. The summed E-state index contributed by atoms with van der Waals surface area (Å²) in [7, 11) is 0. The van der Waals surface area contributed by atoms with Gasteiger partial charge in [0.1, 0.15) is 13.1 Å². The lowest BCUT2D eigenvalue weighted by molar-refractivity contribution is 0.181. The van der Waals surface area contributed by atoms with Crippen molar-refractivity contribution >= 4 is 5.65 Å². The van der Waals surface area contributed by atoms with Crippen molar-refractivity contribution in [3.8, 4) is 0 Å². The van der Waals surface area contributed by atoms with E-state index in [-0.39, 0.29) is 0 Å². The number of hydrogen-bond donors (Lipinski definition) is 1. The molecule has 0 aliphatic heterocycles. The molecule has 0 bridgehead atoms. The summed E-state index contributed by atoms with van der Waals surface area (Å²) >= 11 is 0. The number of fused-ring (bicyclic) bond motifs is 1. The Morgan fingerprint density at radius 3 is 3.08 bits per heavy atom. The Hall–Kier alpha value is -1.76. The largest absolute Gasteiger partial charge is 0.374 e. The molecule has 1 N–H and O–H groups in total. The Morgan fingerprint density at radius 2 is 2.38 bits per heavy atom. The number of hydrogen-bond acceptors (Lipinski definition) is 5. The molecule has 0 saturated carbocycles. The third-order valence-corrected chi connectivity index (χ3v) is 1.73. The van der Waals surface area contributed by atoms with E-state index in [4.69, 9.17) is 5.11 Å². The van der Waals surface area contributed by atoms with Crippen molar-refractivity contribution in [2.24, 2.45) is 0 Å². The van der Waals surface area contributed by atoms with Crippen LogP contribution in [0.5, 0.6) is 0 Å². The van der Waals surface area contributed by atoms with Gasteiger partial charge in [0.2, 0.25) is 0 Å². The quantitative estimate of drug-likeness (QED) is 0.581. The molecule has 0 aliphatic rings. The Morgan fingerprint density at radius 1 is 1.62 bits per heavy atom. The summed E-state index contributed by atoms with van der Waals surface area (Å²) < 4.78 is 2.08. The number of imidazole rings is 1. The minimum atomic E-state index is -0.487. The summed E-state index contributed by atoms with van der Waals surface area (Å²) in [5, 5.41) is 15.9. The molecule has 13 heavy (non-hydrogen) atoms. The normalized spacial score (nSPS) is 10.9. The van der Waals surface area contributed by atoms with Gasteiger partial charge in [-0.2, -0.15) is 4.68 Å². The van der Waals surface area contributed by atoms with Crippen molar-refractivity contribution in [3.63, 3.8) is 0 Å². The number of rotatable bonds is 1. The molecule has 0 aromatic carbocycles. The van der Waals surface area contributed by atoms with Crippen LogP contribution in [0.15, 0.2) is 11.1 Å². The highest BCUT2D eigenvalue weighted by molar-refractivity contribution is 5.40. The molecule has 0 unspecified atom stereocenters. The van der Waals surface area contributed by atoms with Crippen molar-refractivity contribution in [2.45, 2.75) is 13.7 Å². The van der Waals surface area contributed by atoms with Crippen molar-refractivity contribution < 1.29 is 5.11 Å². The number of aromatic nitrogens is 5. The molecule has 0 spiro atoms. The minimum absolute atomic E-state index is 0.412. The van der Waals surface area contributed by atoms with E-state index in [1.165, 1.54) is 10.7 Å². The molecule has 2 aromatic rings. The van der Waals surface area contributed by atoms with E-state index in [9.17, 15) is 4.79 Å². The van der Waals surface area contributed by atoms with Crippen LogP contribution in [0.2, 0.25) is 0 Å². The fourth-order valence-corrected chi connectivity index (χ4v) is 1.04. The molecule has 0 radical (unpaired) electrons. The topological polar surface area (TPSA) is 85.3 Å². The Balaban J connectivity index is 2.88. The van der Waals surface area contributed by atoms with Crippen LogP contribution >= 0.6 is 0 Å². The van der Waals surface area contributed by atoms with Gasteiger partial charge in [-0.15, -0.1) is 5.10 Å². The average Bonchev–Trinajstić information content (AvgIpc) is 2.50. The van der Waals surface area contributed by atoms with Crippen LogP contribution in [-0.4, -0.2) is 29.5 Å². The second-order valence-corrected chi connectivity index (χ2v) is 2.54. The zero-order chi connectivity index (χ0) is 9.42. The van der Waals surface area contributed by atoms with Crippen molar-refractivity contribution in [3.05, 3.63) is 22.5 Å². The van der Waals surface area contributed by atoms with Gasteiger partial charge in [-0.05, 0) is 6.92 Å². The van der Waals surface area contributed by atoms with Crippen LogP contribution in [0.4, 0.5) is 0 Å². The molecular weight excluding hydrogens is 174 g/mol. The second-order valence-electron chi connectivity index (χ2n) is 2.54. The molecule has 2 heterocycles. The first-order valence-electron chi connectivity index (χ1n) is 3.62. The summed E-state index contributed by atoms with van der Waals surface area (Å²) in [6.07, 6.45) is 1.36. The van der Waals surface area contributed by atoms with Crippen molar-refractivity contribution in [2.75, 3.05) is 0 Å².